The van der Waals surface area contributed by atoms with Crippen molar-refractivity contribution in [1.29, 1.82) is 0 Å². The van der Waals surface area contributed by atoms with Crippen LogP contribution in [0.3, 0.4) is 0 Å². The summed E-state index contributed by atoms with van der Waals surface area (Å²) in [5, 5.41) is 6.81. The minimum absolute atomic E-state index is 0.0620. The van der Waals surface area contributed by atoms with Gasteiger partial charge in [0.2, 0.25) is 0 Å². The highest BCUT2D eigenvalue weighted by atomic mass is 35.5. The van der Waals surface area contributed by atoms with E-state index in [-0.39, 0.29) is 10.8 Å². The number of pyridine rings is 1. The van der Waals surface area contributed by atoms with Gasteiger partial charge in [0.1, 0.15) is 10.8 Å². The van der Waals surface area contributed by atoms with E-state index in [1.54, 1.807) is 0 Å². The summed E-state index contributed by atoms with van der Waals surface area (Å²) in [5.74, 6) is 0.717. The predicted octanol–water partition coefficient (Wildman–Crippen LogP) is 4.49. The standard InChI is InChI=1S/C20H18ClF3N4O2/c1-13-4-2-5-15(10-13)30-9-3-8-25-16-12-27-28(19(29)18(16)21)17-7-6-14(11-26-17)20(22,23)24/h2,4-7,10-12,25H,3,8-9H2,1H3. The molecule has 0 unspecified atom stereocenters. The van der Waals surface area contributed by atoms with Gasteiger partial charge in [-0.05, 0) is 43.2 Å². The van der Waals surface area contributed by atoms with Gasteiger partial charge in [-0.1, -0.05) is 23.7 Å². The fourth-order valence-electron chi connectivity index (χ4n) is 2.59. The number of rotatable bonds is 7. The molecule has 2 heterocycles. The molecule has 0 aliphatic heterocycles. The van der Waals surface area contributed by atoms with Gasteiger partial charge < -0.3 is 10.1 Å². The SMILES string of the molecule is Cc1cccc(OCCCNc2cnn(-c3ccc(C(F)(F)F)cn3)c(=O)c2Cl)c1. The molecule has 0 atom stereocenters. The lowest BCUT2D eigenvalue weighted by atomic mass is 10.2. The molecule has 0 radical (unpaired) electrons. The Balaban J connectivity index is 1.60. The van der Waals surface area contributed by atoms with E-state index in [9.17, 15) is 18.0 Å². The van der Waals surface area contributed by atoms with Crippen LogP contribution in [0.2, 0.25) is 5.02 Å². The van der Waals surface area contributed by atoms with Gasteiger partial charge in [-0.3, -0.25) is 4.79 Å². The third-order valence-electron chi connectivity index (χ3n) is 4.11. The molecular weight excluding hydrogens is 421 g/mol. The van der Waals surface area contributed by atoms with Crippen molar-refractivity contribution in [2.45, 2.75) is 19.5 Å². The first-order chi connectivity index (χ1) is 14.3. The highest BCUT2D eigenvalue weighted by Crippen LogP contribution is 2.28. The van der Waals surface area contributed by atoms with Crippen molar-refractivity contribution in [3.05, 3.63) is 75.3 Å². The first-order valence-corrected chi connectivity index (χ1v) is 9.38. The summed E-state index contributed by atoms with van der Waals surface area (Å²) in [6.07, 6.45) is -1.91. The molecule has 10 heteroatoms. The second-order valence-electron chi connectivity index (χ2n) is 6.44. The fraction of sp³-hybridized carbons (Fsp3) is 0.250. The summed E-state index contributed by atoms with van der Waals surface area (Å²) < 4.78 is 44.4. The van der Waals surface area contributed by atoms with Crippen LogP contribution in [-0.4, -0.2) is 27.9 Å². The Morgan fingerprint density at radius 3 is 2.67 bits per heavy atom. The van der Waals surface area contributed by atoms with Crippen LogP contribution >= 0.6 is 11.6 Å². The Morgan fingerprint density at radius 2 is 2.00 bits per heavy atom. The molecule has 2 aromatic heterocycles. The van der Waals surface area contributed by atoms with Crippen LogP contribution in [0, 0.1) is 6.92 Å². The van der Waals surface area contributed by atoms with Crippen LogP contribution in [0.25, 0.3) is 5.82 Å². The molecule has 30 heavy (non-hydrogen) atoms. The Labute approximate surface area is 175 Å². The molecule has 6 nitrogen and oxygen atoms in total. The molecule has 0 saturated carbocycles. The van der Waals surface area contributed by atoms with Crippen molar-refractivity contribution in [3.8, 4) is 11.6 Å². The molecule has 1 aromatic carbocycles. The maximum absolute atomic E-state index is 12.6. The first kappa shape index (κ1) is 21.6. The zero-order chi connectivity index (χ0) is 21.7. The third-order valence-corrected chi connectivity index (χ3v) is 4.47. The van der Waals surface area contributed by atoms with Crippen molar-refractivity contribution in [2.75, 3.05) is 18.5 Å². The normalized spacial score (nSPS) is 11.4. The molecule has 3 aromatic rings. The van der Waals surface area contributed by atoms with E-state index in [0.29, 0.717) is 31.5 Å². The number of alkyl halides is 3. The highest BCUT2D eigenvalue weighted by Gasteiger charge is 2.30. The summed E-state index contributed by atoms with van der Waals surface area (Å²) in [7, 11) is 0. The average molecular weight is 439 g/mol. The lowest BCUT2D eigenvalue weighted by Crippen LogP contribution is -2.24. The maximum atomic E-state index is 12.6. The lowest BCUT2D eigenvalue weighted by molar-refractivity contribution is -0.137. The molecule has 0 amide bonds. The van der Waals surface area contributed by atoms with Crippen molar-refractivity contribution in [1.82, 2.24) is 14.8 Å². The number of ether oxygens (including phenoxy) is 1. The Hall–Kier alpha value is -3.07. The van der Waals surface area contributed by atoms with E-state index in [0.717, 1.165) is 28.1 Å². The maximum Gasteiger partial charge on any atom is 0.417 e. The van der Waals surface area contributed by atoms with Crippen molar-refractivity contribution < 1.29 is 17.9 Å². The van der Waals surface area contributed by atoms with E-state index < -0.39 is 17.3 Å². The Bertz CT molecular complexity index is 1070. The molecule has 3 rings (SSSR count). The van der Waals surface area contributed by atoms with E-state index in [1.165, 1.54) is 6.20 Å². The zero-order valence-corrected chi connectivity index (χ0v) is 16.7. The lowest BCUT2D eigenvalue weighted by Gasteiger charge is -2.11. The van der Waals surface area contributed by atoms with Crippen molar-refractivity contribution in [2.24, 2.45) is 0 Å². The quantitative estimate of drug-likeness (QED) is 0.550. The van der Waals surface area contributed by atoms with Gasteiger partial charge in [0, 0.05) is 12.7 Å². The summed E-state index contributed by atoms with van der Waals surface area (Å²) in [4.78, 5) is 16.1. The van der Waals surface area contributed by atoms with Gasteiger partial charge in [0.15, 0.2) is 5.82 Å². The van der Waals surface area contributed by atoms with E-state index in [1.807, 2.05) is 31.2 Å². The van der Waals surface area contributed by atoms with Gasteiger partial charge in [-0.15, -0.1) is 0 Å². The number of hydrogen-bond donors (Lipinski definition) is 1. The number of nitrogens with one attached hydrogen (secondary N) is 1. The fourth-order valence-corrected chi connectivity index (χ4v) is 2.78. The van der Waals surface area contributed by atoms with Crippen LogP contribution in [-0.2, 0) is 6.18 Å². The van der Waals surface area contributed by atoms with Gasteiger partial charge in [0.25, 0.3) is 5.56 Å². The number of nitrogens with zero attached hydrogens (tertiary/aromatic N) is 3. The van der Waals surface area contributed by atoms with Crippen molar-refractivity contribution >= 4 is 17.3 Å². The average Bonchev–Trinajstić information content (AvgIpc) is 2.70. The zero-order valence-electron chi connectivity index (χ0n) is 15.9. The van der Waals surface area contributed by atoms with Gasteiger partial charge in [0.05, 0.1) is 24.1 Å². The summed E-state index contributed by atoms with van der Waals surface area (Å²) in [6.45, 7) is 2.93. The molecule has 158 valence electrons. The predicted molar refractivity (Wildman–Crippen MR) is 107 cm³/mol. The van der Waals surface area contributed by atoms with Gasteiger partial charge >= 0.3 is 6.18 Å². The minimum Gasteiger partial charge on any atom is -0.494 e. The number of halogens is 4. The number of aryl methyl sites for hydroxylation is 1. The molecule has 0 aliphatic carbocycles. The van der Waals surface area contributed by atoms with Crippen LogP contribution < -0.4 is 15.6 Å². The van der Waals surface area contributed by atoms with E-state index >= 15 is 0 Å². The smallest absolute Gasteiger partial charge is 0.417 e. The Kier molecular flexibility index (Phi) is 6.61. The number of anilines is 1. The minimum atomic E-state index is -4.52. The van der Waals surface area contributed by atoms with Crippen LogP contribution in [0.4, 0.5) is 18.9 Å². The number of aromatic nitrogens is 3. The molecule has 0 aliphatic rings. The topological polar surface area (TPSA) is 69.0 Å². The van der Waals surface area contributed by atoms with Crippen LogP contribution in [0.1, 0.15) is 17.5 Å². The molecule has 0 fully saturated rings. The Morgan fingerprint density at radius 1 is 1.20 bits per heavy atom. The van der Waals surface area contributed by atoms with Crippen molar-refractivity contribution in [3.63, 3.8) is 0 Å². The summed E-state index contributed by atoms with van der Waals surface area (Å²) >= 11 is 6.10. The van der Waals surface area contributed by atoms with E-state index in [4.69, 9.17) is 16.3 Å². The first-order valence-electron chi connectivity index (χ1n) is 9.00. The summed E-state index contributed by atoms with van der Waals surface area (Å²) in [6, 6.07) is 9.58. The molecule has 1 N–H and O–H groups in total. The molecular formula is C20H18ClF3N4O2. The second kappa shape index (κ2) is 9.17. The number of hydrogen-bond acceptors (Lipinski definition) is 5. The molecule has 0 bridgehead atoms. The summed E-state index contributed by atoms with van der Waals surface area (Å²) in [5.41, 5.74) is -0.187. The number of benzene rings is 1. The van der Waals surface area contributed by atoms with Gasteiger partial charge in [-0.2, -0.15) is 23.0 Å². The van der Waals surface area contributed by atoms with E-state index in [2.05, 4.69) is 15.4 Å². The van der Waals surface area contributed by atoms with Crippen LogP contribution in [0.5, 0.6) is 5.75 Å². The largest absolute Gasteiger partial charge is 0.494 e. The monoisotopic (exact) mass is 438 g/mol. The highest BCUT2D eigenvalue weighted by molar-refractivity contribution is 6.32. The third kappa shape index (κ3) is 5.29. The molecule has 0 saturated heterocycles. The second-order valence-corrected chi connectivity index (χ2v) is 6.82. The van der Waals surface area contributed by atoms with Gasteiger partial charge in [-0.25, -0.2) is 4.98 Å². The molecule has 0 spiro atoms. The van der Waals surface area contributed by atoms with Crippen LogP contribution in [0.15, 0.2) is 53.6 Å².